The van der Waals surface area contributed by atoms with Crippen molar-refractivity contribution in [1.82, 2.24) is 4.98 Å². The predicted octanol–water partition coefficient (Wildman–Crippen LogP) is -2.75. The van der Waals surface area contributed by atoms with Crippen molar-refractivity contribution in [3.63, 3.8) is 0 Å². The Hall–Kier alpha value is 0.500. The number of aliphatic hydroxyl groups is 1. The Bertz CT molecular complexity index is 388. The van der Waals surface area contributed by atoms with Gasteiger partial charge in [0.2, 0.25) is 0 Å². The second kappa shape index (κ2) is 5.55. The molecule has 1 aromatic rings. The van der Waals surface area contributed by atoms with Crippen LogP contribution < -0.4 is 29.6 Å². The van der Waals surface area contributed by atoms with Crippen molar-refractivity contribution in [3.05, 3.63) is 16.1 Å². The molecule has 1 atom stereocenters. The summed E-state index contributed by atoms with van der Waals surface area (Å²) in [7, 11) is -4.70. The molecule has 0 bridgehead atoms. The number of aliphatic hydroxyl groups excluding tert-OH is 1. The molecule has 0 spiro atoms. The molecule has 14 heavy (non-hydrogen) atoms. The third-order valence-electron chi connectivity index (χ3n) is 1.40. The molecule has 1 N–H and O–H groups in total. The van der Waals surface area contributed by atoms with E-state index >= 15 is 0 Å². The van der Waals surface area contributed by atoms with Crippen molar-refractivity contribution in [2.75, 3.05) is 0 Å². The maximum Gasteiger partial charge on any atom is 1.00 e. The van der Waals surface area contributed by atoms with Crippen LogP contribution in [0.3, 0.4) is 0 Å². The topological polar surface area (TPSA) is 90.3 Å². The molecule has 74 valence electrons. The van der Waals surface area contributed by atoms with E-state index in [-0.39, 0.29) is 34.6 Å². The first kappa shape index (κ1) is 14.5. The van der Waals surface area contributed by atoms with E-state index < -0.39 is 15.6 Å². The number of nitrogens with zero attached hydrogens (tertiary/aromatic N) is 1. The van der Waals surface area contributed by atoms with Crippen molar-refractivity contribution in [2.24, 2.45) is 0 Å². The van der Waals surface area contributed by atoms with Gasteiger partial charge in [-0.2, -0.15) is 0 Å². The predicted molar refractivity (Wildman–Crippen MR) is 46.1 cm³/mol. The molecule has 0 aliphatic heterocycles. The van der Waals surface area contributed by atoms with Crippen molar-refractivity contribution in [3.8, 4) is 0 Å². The summed E-state index contributed by atoms with van der Waals surface area (Å²) in [5.41, 5.74) is -2.03. The molecular weight excluding hydrogens is 237 g/mol. The van der Waals surface area contributed by atoms with Gasteiger partial charge in [-0.3, -0.25) is 0 Å². The van der Waals surface area contributed by atoms with E-state index in [1.165, 1.54) is 6.20 Å². The Balaban J connectivity index is 0.00000169. The number of aryl methyl sites for hydroxylation is 1. The zero-order valence-electron chi connectivity index (χ0n) is 7.80. The number of aromatic nitrogens is 1. The molecule has 0 saturated heterocycles. The van der Waals surface area contributed by atoms with E-state index in [0.29, 0.717) is 6.42 Å². The Labute approximate surface area is 108 Å². The minimum atomic E-state index is -4.70. The van der Waals surface area contributed by atoms with Crippen LogP contribution >= 0.6 is 11.3 Å². The van der Waals surface area contributed by atoms with E-state index in [1.54, 1.807) is 0 Å². The largest absolute Gasteiger partial charge is 1.00 e. The third kappa shape index (κ3) is 3.58. The van der Waals surface area contributed by atoms with Crippen LogP contribution in [0.2, 0.25) is 0 Å². The van der Waals surface area contributed by atoms with Crippen LogP contribution in [0.25, 0.3) is 0 Å². The SMILES string of the molecule is CCc1cnc(C(O)S(=O)(=O)[O-])s1.[Na+]. The van der Waals surface area contributed by atoms with E-state index in [0.717, 1.165) is 16.2 Å². The number of thiazole rings is 1. The molecule has 1 unspecified atom stereocenters. The average molecular weight is 245 g/mol. The van der Waals surface area contributed by atoms with Crippen LogP contribution in [-0.4, -0.2) is 23.1 Å². The average Bonchev–Trinajstić information content (AvgIpc) is 2.48. The fourth-order valence-corrected chi connectivity index (χ4v) is 2.25. The zero-order chi connectivity index (χ0) is 10.1. The van der Waals surface area contributed by atoms with Crippen molar-refractivity contribution >= 4 is 21.5 Å². The van der Waals surface area contributed by atoms with Crippen LogP contribution in [0.1, 0.15) is 22.2 Å². The maximum atomic E-state index is 10.4. The molecule has 0 radical (unpaired) electrons. The Morgan fingerprint density at radius 1 is 1.71 bits per heavy atom. The van der Waals surface area contributed by atoms with Crippen LogP contribution in [0, 0.1) is 0 Å². The summed E-state index contributed by atoms with van der Waals surface area (Å²) >= 11 is 1.03. The summed E-state index contributed by atoms with van der Waals surface area (Å²) in [6.07, 6.45) is 2.15. The molecule has 1 rings (SSSR count). The van der Waals surface area contributed by atoms with Gasteiger partial charge < -0.3 is 9.66 Å². The number of rotatable bonds is 3. The van der Waals surface area contributed by atoms with Gasteiger partial charge in [0.1, 0.15) is 15.1 Å². The fraction of sp³-hybridized carbons (Fsp3) is 0.500. The summed E-state index contributed by atoms with van der Waals surface area (Å²) in [5.74, 6) is 0. The van der Waals surface area contributed by atoms with Crippen LogP contribution in [0.5, 0.6) is 0 Å². The molecule has 8 heteroatoms. The molecule has 1 heterocycles. The number of hydrogen-bond acceptors (Lipinski definition) is 6. The second-order valence-corrected chi connectivity index (χ2v) is 4.94. The van der Waals surface area contributed by atoms with E-state index in [1.807, 2.05) is 6.92 Å². The smallest absolute Gasteiger partial charge is 0.746 e. The van der Waals surface area contributed by atoms with Crippen LogP contribution in [-0.2, 0) is 16.5 Å². The molecule has 5 nitrogen and oxygen atoms in total. The van der Waals surface area contributed by atoms with Crippen molar-refractivity contribution < 1.29 is 47.6 Å². The van der Waals surface area contributed by atoms with Gasteiger partial charge in [0, 0.05) is 11.1 Å². The van der Waals surface area contributed by atoms with E-state index in [9.17, 15) is 13.0 Å². The standard InChI is InChI=1S/C6H9NO4S2.Na/c1-2-4-3-7-5(12-4)6(8)13(9,10)11;/h3,6,8H,2H2,1H3,(H,9,10,11);/q;+1/p-1. The summed E-state index contributed by atoms with van der Waals surface area (Å²) in [5, 5.41) is 8.95. The molecule has 0 fully saturated rings. The first-order valence-electron chi connectivity index (χ1n) is 3.52. The molecular formula is C6H8NNaO4S2. The van der Waals surface area contributed by atoms with E-state index in [4.69, 9.17) is 5.11 Å². The summed E-state index contributed by atoms with van der Waals surface area (Å²) in [6, 6.07) is 0. The zero-order valence-corrected chi connectivity index (χ0v) is 11.4. The van der Waals surface area contributed by atoms with Gasteiger partial charge in [0.25, 0.3) is 0 Å². The Kier molecular flexibility index (Phi) is 5.75. The monoisotopic (exact) mass is 245 g/mol. The summed E-state index contributed by atoms with van der Waals surface area (Å²) < 4.78 is 31.2. The molecule has 0 aromatic carbocycles. The van der Waals surface area contributed by atoms with Crippen molar-refractivity contribution in [2.45, 2.75) is 18.8 Å². The fourth-order valence-electron chi connectivity index (χ4n) is 0.724. The van der Waals surface area contributed by atoms with Gasteiger partial charge in [-0.1, -0.05) is 6.92 Å². The van der Waals surface area contributed by atoms with E-state index in [2.05, 4.69) is 4.98 Å². The number of hydrogen-bond donors (Lipinski definition) is 1. The van der Waals surface area contributed by atoms with Crippen LogP contribution in [0.15, 0.2) is 6.20 Å². The minimum absolute atomic E-state index is 0. The molecule has 0 saturated carbocycles. The van der Waals surface area contributed by atoms with Gasteiger partial charge in [-0.05, 0) is 6.42 Å². The quantitative estimate of drug-likeness (QED) is 0.460. The third-order valence-corrected chi connectivity index (χ3v) is 3.52. The van der Waals surface area contributed by atoms with Gasteiger partial charge >= 0.3 is 29.6 Å². The normalized spacial score (nSPS) is 13.4. The molecule has 0 amide bonds. The van der Waals surface area contributed by atoms with Crippen LogP contribution in [0.4, 0.5) is 0 Å². The summed E-state index contributed by atoms with van der Waals surface area (Å²) in [4.78, 5) is 4.47. The Morgan fingerprint density at radius 2 is 2.29 bits per heavy atom. The van der Waals surface area contributed by atoms with Crippen molar-refractivity contribution in [1.29, 1.82) is 0 Å². The summed E-state index contributed by atoms with van der Waals surface area (Å²) in [6.45, 7) is 1.87. The molecule has 0 aliphatic rings. The minimum Gasteiger partial charge on any atom is -0.746 e. The van der Waals surface area contributed by atoms with Gasteiger partial charge in [-0.15, -0.1) is 11.3 Å². The molecule has 1 aromatic heterocycles. The Morgan fingerprint density at radius 3 is 2.64 bits per heavy atom. The second-order valence-electron chi connectivity index (χ2n) is 2.36. The first-order valence-corrected chi connectivity index (χ1v) is 5.81. The van der Waals surface area contributed by atoms with Gasteiger partial charge in [0.15, 0.2) is 5.44 Å². The molecule has 0 aliphatic carbocycles. The maximum absolute atomic E-state index is 10.4. The van der Waals surface area contributed by atoms with Gasteiger partial charge in [-0.25, -0.2) is 13.4 Å². The first-order chi connectivity index (χ1) is 5.95. The van der Waals surface area contributed by atoms with Gasteiger partial charge in [0.05, 0.1) is 0 Å².